The summed E-state index contributed by atoms with van der Waals surface area (Å²) in [5.41, 5.74) is 1.42. The first kappa shape index (κ1) is 25.7. The van der Waals surface area contributed by atoms with Crippen LogP contribution in [0.5, 0.6) is 0 Å². The van der Waals surface area contributed by atoms with Crippen LogP contribution in [0.3, 0.4) is 0 Å². The minimum atomic E-state index is -0.923. The van der Waals surface area contributed by atoms with Crippen LogP contribution in [0, 0.1) is 30.1 Å². The van der Waals surface area contributed by atoms with Crippen LogP contribution in [0.4, 0.5) is 0 Å². The number of carbonyl (C=O) groups is 1. The van der Waals surface area contributed by atoms with E-state index in [0.29, 0.717) is 11.8 Å². The largest absolute Gasteiger partial charge is 0.458 e. The fraction of sp³-hybridized carbons (Fsp3) is 0.643. The Morgan fingerprint density at radius 3 is 2.47 bits per heavy atom. The molecule has 1 unspecified atom stereocenters. The average molecular weight is 488 g/mol. The molecule has 34 heavy (non-hydrogen) atoms. The Balaban J connectivity index is 1.35. The summed E-state index contributed by atoms with van der Waals surface area (Å²) in [5, 5.41) is 12.5. The first-order valence-corrected chi connectivity index (χ1v) is 13.2. The van der Waals surface area contributed by atoms with Crippen molar-refractivity contribution >= 4 is 17.6 Å². The molecule has 1 aromatic rings. The predicted molar refractivity (Wildman–Crippen MR) is 136 cm³/mol. The van der Waals surface area contributed by atoms with Crippen molar-refractivity contribution in [2.75, 3.05) is 32.7 Å². The van der Waals surface area contributed by atoms with Crippen molar-refractivity contribution < 1.29 is 14.6 Å². The number of piperazine rings is 1. The van der Waals surface area contributed by atoms with Gasteiger partial charge in [0.25, 0.3) is 0 Å². The number of fused-ring (bicyclic) bond motifs is 1. The maximum Gasteiger partial charge on any atom is 0.303 e. The van der Waals surface area contributed by atoms with Gasteiger partial charge in [-0.15, -0.1) is 0 Å². The molecule has 2 fully saturated rings. The third kappa shape index (κ3) is 5.70. The average Bonchev–Trinajstić information content (AvgIpc) is 2.78. The van der Waals surface area contributed by atoms with Gasteiger partial charge in [0.2, 0.25) is 0 Å². The summed E-state index contributed by atoms with van der Waals surface area (Å²) in [6.07, 6.45) is 5.81. The second kappa shape index (κ2) is 10.7. The van der Waals surface area contributed by atoms with Gasteiger partial charge in [-0.3, -0.25) is 9.69 Å². The van der Waals surface area contributed by atoms with Crippen LogP contribution in [0.1, 0.15) is 46.1 Å². The topological polar surface area (TPSA) is 53.0 Å². The normalized spacial score (nSPS) is 33.6. The summed E-state index contributed by atoms with van der Waals surface area (Å²) in [4.78, 5) is 16.7. The molecule has 1 heterocycles. The van der Waals surface area contributed by atoms with Gasteiger partial charge in [0, 0.05) is 63.6 Å². The molecule has 6 atom stereocenters. The Morgan fingerprint density at radius 2 is 1.82 bits per heavy atom. The molecule has 6 heteroatoms. The molecule has 4 rings (SSSR count). The number of halogens is 1. The van der Waals surface area contributed by atoms with Gasteiger partial charge < -0.3 is 14.7 Å². The van der Waals surface area contributed by atoms with Crippen molar-refractivity contribution in [3.05, 3.63) is 52.9 Å². The first-order valence-electron chi connectivity index (χ1n) is 12.8. The van der Waals surface area contributed by atoms with E-state index in [1.54, 1.807) is 0 Å². The Morgan fingerprint density at radius 1 is 1.18 bits per heavy atom. The van der Waals surface area contributed by atoms with Crippen LogP contribution < -0.4 is 0 Å². The molecule has 0 spiro atoms. The number of hydrogen-bond acceptors (Lipinski definition) is 5. The maximum atomic E-state index is 11.8. The Labute approximate surface area is 210 Å². The second-order valence-corrected chi connectivity index (χ2v) is 11.3. The van der Waals surface area contributed by atoms with Gasteiger partial charge in [-0.1, -0.05) is 43.7 Å². The number of aliphatic hydroxyl groups is 1. The molecule has 1 aromatic carbocycles. The quantitative estimate of drug-likeness (QED) is 0.470. The Hall–Kier alpha value is -1.40. The molecule has 5 nitrogen and oxygen atoms in total. The van der Waals surface area contributed by atoms with E-state index < -0.39 is 11.7 Å². The highest BCUT2D eigenvalue weighted by atomic mass is 35.5. The fourth-order valence-corrected chi connectivity index (χ4v) is 6.40. The monoisotopic (exact) mass is 487 g/mol. The molecule has 3 aliphatic rings. The van der Waals surface area contributed by atoms with Gasteiger partial charge in [-0.05, 0) is 60.8 Å². The number of carbonyl (C=O) groups excluding carboxylic acids is 1. The van der Waals surface area contributed by atoms with Gasteiger partial charge in [0.1, 0.15) is 6.10 Å². The van der Waals surface area contributed by atoms with Gasteiger partial charge in [0.05, 0.1) is 5.60 Å². The molecule has 1 saturated heterocycles. The summed E-state index contributed by atoms with van der Waals surface area (Å²) in [5.74, 6) is 0.816. The van der Waals surface area contributed by atoms with Gasteiger partial charge in [-0.2, -0.15) is 0 Å². The molecule has 2 aliphatic carbocycles. The molecule has 1 radical (unpaired) electrons. The van der Waals surface area contributed by atoms with E-state index in [4.69, 9.17) is 16.3 Å². The van der Waals surface area contributed by atoms with Gasteiger partial charge >= 0.3 is 5.97 Å². The number of esters is 1. The highest BCUT2D eigenvalue weighted by Gasteiger charge is 2.53. The van der Waals surface area contributed by atoms with Gasteiger partial charge in [-0.25, -0.2) is 0 Å². The smallest absolute Gasteiger partial charge is 0.303 e. The number of hydrogen-bond donors (Lipinski definition) is 1. The molecule has 1 aliphatic heterocycles. The van der Waals surface area contributed by atoms with E-state index in [-0.39, 0.29) is 17.8 Å². The predicted octanol–water partition coefficient (Wildman–Crippen LogP) is 4.58. The summed E-state index contributed by atoms with van der Waals surface area (Å²) in [6.45, 7) is 14.2. The van der Waals surface area contributed by atoms with E-state index in [9.17, 15) is 9.90 Å². The second-order valence-electron chi connectivity index (χ2n) is 10.8. The summed E-state index contributed by atoms with van der Waals surface area (Å²) in [7, 11) is 0. The third-order valence-electron chi connectivity index (χ3n) is 8.38. The maximum absolute atomic E-state index is 11.8. The van der Waals surface area contributed by atoms with Crippen LogP contribution in [-0.4, -0.2) is 65.3 Å². The molecular formula is C28H40ClN2O3. The zero-order chi connectivity index (χ0) is 24.5. The van der Waals surface area contributed by atoms with Crippen molar-refractivity contribution in [1.29, 1.82) is 0 Å². The minimum absolute atomic E-state index is 0.0734. The van der Waals surface area contributed by atoms with E-state index in [1.165, 1.54) is 12.5 Å². The zero-order valence-electron chi connectivity index (χ0n) is 21.0. The van der Waals surface area contributed by atoms with Crippen LogP contribution in [0.25, 0.3) is 0 Å². The first-order chi connectivity index (χ1) is 16.2. The molecule has 1 saturated carbocycles. The van der Waals surface area contributed by atoms with Gasteiger partial charge in [0.15, 0.2) is 0 Å². The van der Waals surface area contributed by atoms with Crippen molar-refractivity contribution in [3.63, 3.8) is 0 Å². The fourth-order valence-electron chi connectivity index (χ4n) is 6.27. The molecule has 0 amide bonds. The third-order valence-corrected chi connectivity index (χ3v) is 8.63. The van der Waals surface area contributed by atoms with E-state index >= 15 is 0 Å². The van der Waals surface area contributed by atoms with Crippen LogP contribution in [0.2, 0.25) is 5.02 Å². The number of nitrogens with zero attached hydrogens (tertiary/aromatic N) is 2. The summed E-state index contributed by atoms with van der Waals surface area (Å²) >= 11 is 6.02. The molecular weight excluding hydrogens is 448 g/mol. The lowest BCUT2D eigenvalue weighted by Crippen LogP contribution is -2.57. The minimum Gasteiger partial charge on any atom is -0.458 e. The van der Waals surface area contributed by atoms with E-state index in [1.807, 2.05) is 25.5 Å². The lowest BCUT2D eigenvalue weighted by atomic mass is 9.57. The molecule has 0 aromatic heterocycles. The number of rotatable bonds is 6. The van der Waals surface area contributed by atoms with Crippen LogP contribution >= 0.6 is 11.6 Å². The Bertz CT molecular complexity index is 880. The number of ether oxygens (including phenoxy) is 1. The zero-order valence-corrected chi connectivity index (χ0v) is 21.8. The van der Waals surface area contributed by atoms with E-state index in [2.05, 4.69) is 41.9 Å². The standard InChI is InChI=1S/C28H40ClN2O3/c1-19-15-26-25(10-5-21(3)28(26,33)16-27(19)34-22(4)32)20(2)17-30-11-13-31(14-12-30)18-23-6-8-24(29)9-7-23/h6-9,15-16,20-21,25-27,33H,5,10-14,17-18H2,1-4H3/t20?,21-,25+,26-,27-,28-/m1/s1. The highest BCUT2D eigenvalue weighted by molar-refractivity contribution is 6.30. The molecule has 187 valence electrons. The van der Waals surface area contributed by atoms with Crippen LogP contribution in [-0.2, 0) is 16.1 Å². The van der Waals surface area contributed by atoms with Crippen molar-refractivity contribution in [3.8, 4) is 0 Å². The lowest BCUT2D eigenvalue weighted by molar-refractivity contribution is -0.148. The number of benzene rings is 1. The SMILES string of the molecule is CC(=O)O[C@@H]1[CH][C@@]2(O)[C@H](C)CC[C@@H](C(C)CN3CCN(Cc4ccc(Cl)cc4)CC3)[C@H]2C=C1C. The lowest BCUT2D eigenvalue weighted by Gasteiger charge is -2.53. The van der Waals surface area contributed by atoms with Crippen molar-refractivity contribution in [2.45, 2.75) is 58.8 Å². The summed E-state index contributed by atoms with van der Waals surface area (Å²) < 4.78 is 5.50. The van der Waals surface area contributed by atoms with Crippen molar-refractivity contribution in [2.24, 2.45) is 23.7 Å². The highest BCUT2D eigenvalue weighted by Crippen LogP contribution is 2.50. The molecule has 0 bridgehead atoms. The Kier molecular flexibility index (Phi) is 8.08. The summed E-state index contributed by atoms with van der Waals surface area (Å²) in [6, 6.07) is 8.16. The molecule has 1 N–H and O–H groups in total. The van der Waals surface area contributed by atoms with Crippen molar-refractivity contribution in [1.82, 2.24) is 9.80 Å². The van der Waals surface area contributed by atoms with Crippen LogP contribution in [0.15, 0.2) is 35.9 Å². The van der Waals surface area contributed by atoms with E-state index in [0.717, 1.165) is 62.7 Å².